The third-order valence-corrected chi connectivity index (χ3v) is 15.2. The van der Waals surface area contributed by atoms with Gasteiger partial charge in [-0.1, -0.05) is 37.9 Å². The van der Waals surface area contributed by atoms with Crippen molar-refractivity contribution < 1.29 is 27.4 Å². The van der Waals surface area contributed by atoms with Gasteiger partial charge in [-0.2, -0.15) is 0 Å². The van der Waals surface area contributed by atoms with E-state index in [1.165, 1.54) is 11.1 Å². The summed E-state index contributed by atoms with van der Waals surface area (Å²) in [5.74, 6) is 0.726. The molecule has 1 saturated heterocycles. The first-order chi connectivity index (χ1) is 23.8. The van der Waals surface area contributed by atoms with Crippen LogP contribution in [0.2, 0.25) is 5.02 Å². The van der Waals surface area contributed by atoms with E-state index in [0.717, 1.165) is 80.9 Å². The van der Waals surface area contributed by atoms with Gasteiger partial charge < -0.3 is 24.0 Å². The summed E-state index contributed by atoms with van der Waals surface area (Å²) >= 11 is 6.48. The minimum atomic E-state index is -3.92. The molecule has 2 aliphatic carbocycles. The molecule has 274 valence electrons. The second kappa shape index (κ2) is 13.9. The molecule has 11 heteroatoms. The maximum absolute atomic E-state index is 13.6. The number of nitrogens with zero attached hydrogens (tertiary/aromatic N) is 2. The highest BCUT2D eigenvalue weighted by atomic mass is 35.5. The summed E-state index contributed by atoms with van der Waals surface area (Å²) in [5.41, 5.74) is 3.22. The fourth-order valence-corrected chi connectivity index (χ4v) is 11.0. The highest BCUT2D eigenvalue weighted by Crippen LogP contribution is 2.54. The summed E-state index contributed by atoms with van der Waals surface area (Å²) in [6.45, 7) is 9.32. The molecule has 1 amide bonds. The van der Waals surface area contributed by atoms with Crippen molar-refractivity contribution in [1.29, 1.82) is 0 Å². The van der Waals surface area contributed by atoms with E-state index in [-0.39, 0.29) is 29.1 Å². The second-order valence-electron chi connectivity index (χ2n) is 16.4. The van der Waals surface area contributed by atoms with Gasteiger partial charge in [0.25, 0.3) is 5.91 Å². The zero-order valence-corrected chi connectivity index (χ0v) is 31.8. The van der Waals surface area contributed by atoms with Crippen LogP contribution in [0, 0.1) is 23.2 Å². The van der Waals surface area contributed by atoms with Crippen LogP contribution in [-0.2, 0) is 31.3 Å². The number of carbonyl (C=O) groups excluding carboxylic acids is 1. The lowest BCUT2D eigenvalue weighted by Gasteiger charge is -2.54. The summed E-state index contributed by atoms with van der Waals surface area (Å²) < 4.78 is 49.3. The second-order valence-corrected chi connectivity index (χ2v) is 18.9. The van der Waals surface area contributed by atoms with Crippen molar-refractivity contribution in [3.8, 4) is 5.75 Å². The minimum absolute atomic E-state index is 0.138. The Kier molecular flexibility index (Phi) is 10.00. The highest BCUT2D eigenvalue weighted by molar-refractivity contribution is 7.90. The number of hydrogen-bond donors (Lipinski definition) is 1. The average Bonchev–Trinajstić information content (AvgIpc) is 3.22. The highest BCUT2D eigenvalue weighted by Gasteiger charge is 2.52. The van der Waals surface area contributed by atoms with Gasteiger partial charge >= 0.3 is 0 Å². The van der Waals surface area contributed by atoms with E-state index in [2.05, 4.69) is 47.7 Å². The summed E-state index contributed by atoms with van der Waals surface area (Å²) in [5, 5.41) is 0.0177. The van der Waals surface area contributed by atoms with Crippen molar-refractivity contribution in [1.82, 2.24) is 9.62 Å². The van der Waals surface area contributed by atoms with Gasteiger partial charge in [-0.3, -0.25) is 4.79 Å². The molecule has 2 aromatic carbocycles. The van der Waals surface area contributed by atoms with E-state index in [4.69, 9.17) is 25.8 Å². The summed E-state index contributed by atoms with van der Waals surface area (Å²) in [6, 6.07) is 11.9. The number of rotatable bonds is 2. The van der Waals surface area contributed by atoms with Crippen molar-refractivity contribution >= 4 is 33.2 Å². The Morgan fingerprint density at radius 2 is 1.78 bits per heavy atom. The topological polar surface area (TPSA) is 97.4 Å². The van der Waals surface area contributed by atoms with Crippen LogP contribution in [0.4, 0.5) is 5.69 Å². The average molecular weight is 728 g/mol. The fraction of sp³-hybridized carbons (Fsp3) is 0.667. The maximum atomic E-state index is 13.6. The van der Waals surface area contributed by atoms with Gasteiger partial charge in [0.15, 0.2) is 6.29 Å². The Labute approximate surface area is 303 Å². The first kappa shape index (κ1) is 36.0. The van der Waals surface area contributed by atoms with Gasteiger partial charge in [0, 0.05) is 34.5 Å². The Hall–Kier alpha value is -2.37. The number of fused-ring (bicyclic) bond motifs is 4. The van der Waals surface area contributed by atoms with Gasteiger partial charge in [-0.15, -0.1) is 0 Å². The van der Waals surface area contributed by atoms with Gasteiger partial charge in [0.05, 0.1) is 36.8 Å². The van der Waals surface area contributed by atoms with Crippen molar-refractivity contribution in [3.05, 3.63) is 58.1 Å². The molecule has 9 nitrogen and oxygen atoms in total. The molecule has 3 aliphatic heterocycles. The van der Waals surface area contributed by atoms with E-state index in [9.17, 15) is 13.2 Å². The van der Waals surface area contributed by atoms with Crippen LogP contribution in [0.5, 0.6) is 5.75 Å². The zero-order valence-electron chi connectivity index (χ0n) is 30.3. The van der Waals surface area contributed by atoms with Crippen LogP contribution in [-0.4, -0.2) is 83.8 Å². The Morgan fingerprint density at radius 1 is 1.00 bits per heavy atom. The molecule has 2 bridgehead atoms. The number of sulfonamides is 1. The van der Waals surface area contributed by atoms with Crippen LogP contribution in [0.1, 0.15) is 87.2 Å². The standard InChI is InChI=1S/C39H54ClN3O6S/c1-25-8-6-16-38(3,37-47-21-31(22-48-37)42(4)5)32-13-10-29(32)20-43-23-39(17-7-9-27-18-30(40)12-14-33(27)39)24-49-35-15-11-28(19-34(35)43)36(44)41-50(45,46)26(25)2/h11-12,14-15,18-19,25-26,29,31-32,37H,6-10,13,16-17,20-24H2,1-5H3,(H,41,44)/t25-,26+,29-,31?,32+,37?,38-,39-/m0/s1. The number of likely N-dealkylation sites (N-methyl/N-ethyl adjacent to an activating group) is 1. The molecule has 6 atom stereocenters. The van der Waals surface area contributed by atoms with Crippen molar-refractivity contribution in [2.24, 2.45) is 23.2 Å². The smallest absolute Gasteiger partial charge is 0.264 e. The van der Waals surface area contributed by atoms with E-state index >= 15 is 0 Å². The lowest BCUT2D eigenvalue weighted by atomic mass is 9.57. The van der Waals surface area contributed by atoms with Crippen molar-refractivity contribution in [2.45, 2.75) is 95.1 Å². The molecule has 1 saturated carbocycles. The summed E-state index contributed by atoms with van der Waals surface area (Å²) in [6.07, 6.45) is 7.32. The number of benzene rings is 2. The Balaban J connectivity index is 1.29. The predicted molar refractivity (Wildman–Crippen MR) is 197 cm³/mol. The Bertz CT molecular complexity index is 1700. The maximum Gasteiger partial charge on any atom is 0.264 e. The largest absolute Gasteiger partial charge is 0.490 e. The lowest BCUT2D eigenvalue weighted by Crippen LogP contribution is -2.56. The number of halogens is 1. The third-order valence-electron chi connectivity index (χ3n) is 13.1. The number of amides is 1. The molecule has 50 heavy (non-hydrogen) atoms. The van der Waals surface area contributed by atoms with Crippen LogP contribution in [0.15, 0.2) is 36.4 Å². The molecule has 5 aliphatic rings. The van der Waals surface area contributed by atoms with Crippen molar-refractivity contribution in [3.63, 3.8) is 0 Å². The number of aryl methyl sites for hydroxylation is 1. The fourth-order valence-electron chi connectivity index (χ4n) is 9.47. The molecule has 2 fully saturated rings. The first-order valence-corrected chi connectivity index (χ1v) is 20.5. The predicted octanol–water partition coefficient (Wildman–Crippen LogP) is 6.42. The normalized spacial score (nSPS) is 36.0. The number of hydrogen-bond acceptors (Lipinski definition) is 8. The number of anilines is 1. The molecule has 2 aromatic rings. The number of ether oxygens (including phenoxy) is 3. The molecule has 1 spiro atoms. The van der Waals surface area contributed by atoms with Crippen LogP contribution in [0.3, 0.4) is 0 Å². The molecular weight excluding hydrogens is 674 g/mol. The van der Waals surface area contributed by atoms with E-state index in [1.54, 1.807) is 13.0 Å². The molecule has 7 rings (SSSR count). The van der Waals surface area contributed by atoms with Crippen LogP contribution >= 0.6 is 11.6 Å². The van der Waals surface area contributed by atoms with E-state index in [0.29, 0.717) is 37.2 Å². The number of nitrogens with one attached hydrogen (secondary N) is 1. The van der Waals surface area contributed by atoms with Crippen LogP contribution < -0.4 is 14.4 Å². The van der Waals surface area contributed by atoms with Gasteiger partial charge in [-0.25, -0.2) is 13.1 Å². The lowest BCUT2D eigenvalue weighted by molar-refractivity contribution is -0.272. The van der Waals surface area contributed by atoms with Gasteiger partial charge in [0.2, 0.25) is 10.0 Å². The van der Waals surface area contributed by atoms with Crippen molar-refractivity contribution in [2.75, 3.05) is 51.9 Å². The quantitative estimate of drug-likeness (QED) is 0.379. The molecule has 0 unspecified atom stereocenters. The van der Waals surface area contributed by atoms with Gasteiger partial charge in [-0.05, 0) is 125 Å². The third kappa shape index (κ3) is 6.68. The monoisotopic (exact) mass is 727 g/mol. The molecule has 3 heterocycles. The molecule has 1 N–H and O–H groups in total. The molecule has 0 radical (unpaired) electrons. The SMILES string of the molecule is C[C@@H]1[C@@H](C)CCC[C@](C)(C2OCC(N(C)C)CO2)[C@@H]2CC[C@H]2CN2C[C@@]3(CCCc4cc(Cl)ccc43)COc3ccc(cc32)C(=O)NS1(=O)=O. The molecule has 0 aromatic heterocycles. The number of carbonyl (C=O) groups is 1. The zero-order chi connectivity index (χ0) is 35.4. The summed E-state index contributed by atoms with van der Waals surface area (Å²) in [4.78, 5) is 18.2. The van der Waals surface area contributed by atoms with E-state index < -0.39 is 21.2 Å². The van der Waals surface area contributed by atoms with E-state index in [1.807, 2.05) is 25.1 Å². The van der Waals surface area contributed by atoms with Gasteiger partial charge in [0.1, 0.15) is 5.75 Å². The first-order valence-electron chi connectivity index (χ1n) is 18.6. The minimum Gasteiger partial charge on any atom is -0.490 e. The Morgan fingerprint density at radius 3 is 2.50 bits per heavy atom. The molecular formula is C39H54ClN3O6S. The summed E-state index contributed by atoms with van der Waals surface area (Å²) in [7, 11) is 0.207. The van der Waals surface area contributed by atoms with Crippen LogP contribution in [0.25, 0.3) is 0 Å².